The largest absolute Gasteiger partial charge is 0.412 e. The molecule has 208 valence electrons. The Bertz CT molecular complexity index is 556. The second kappa shape index (κ2) is 15.5. The number of halogens is 1. The van der Waals surface area contributed by atoms with E-state index in [1.165, 1.54) is 103 Å². The Labute approximate surface area is 220 Å². The van der Waals surface area contributed by atoms with Crippen LogP contribution in [0.3, 0.4) is 0 Å². The number of hydrogen-bond acceptors (Lipinski definition) is 3. The third-order valence-electron chi connectivity index (χ3n) is 10.2. The molecule has 0 radical (unpaired) electrons. The zero-order valence-electron chi connectivity index (χ0n) is 22.7. The summed E-state index contributed by atoms with van der Waals surface area (Å²) >= 11 is 6.35. The number of nitrogens with one attached hydrogen (secondary N) is 1. The highest BCUT2D eigenvalue weighted by atomic mass is 35.5. The molecule has 5 nitrogen and oxygen atoms in total. The van der Waals surface area contributed by atoms with Gasteiger partial charge in [-0.25, -0.2) is 0 Å². The Morgan fingerprint density at radius 2 is 1.34 bits per heavy atom. The van der Waals surface area contributed by atoms with Crippen LogP contribution in [0.1, 0.15) is 104 Å². The lowest BCUT2D eigenvalue weighted by atomic mass is 9.70. The Balaban J connectivity index is 0.00000216. The van der Waals surface area contributed by atoms with Crippen LogP contribution in [0.5, 0.6) is 0 Å². The molecule has 1 saturated heterocycles. The molecule has 0 aromatic rings. The molecule has 0 spiro atoms. The van der Waals surface area contributed by atoms with Crippen molar-refractivity contribution in [3.63, 3.8) is 0 Å². The van der Waals surface area contributed by atoms with Crippen LogP contribution in [0.2, 0.25) is 0 Å². The molecule has 0 aromatic heterocycles. The molecule has 3 atom stereocenters. The van der Waals surface area contributed by atoms with Crippen molar-refractivity contribution in [2.45, 2.75) is 121 Å². The number of hydrogen-bond donors (Lipinski definition) is 2. The summed E-state index contributed by atoms with van der Waals surface area (Å²) in [4.78, 5) is 2.76. The van der Waals surface area contributed by atoms with E-state index in [1.807, 2.05) is 0 Å². The molecule has 35 heavy (non-hydrogen) atoms. The monoisotopic (exact) mass is 516 g/mol. The van der Waals surface area contributed by atoms with Gasteiger partial charge in [-0.15, -0.1) is 11.6 Å². The maximum atomic E-state index is 9.88. The van der Waals surface area contributed by atoms with Gasteiger partial charge >= 0.3 is 0 Å². The van der Waals surface area contributed by atoms with Gasteiger partial charge in [-0.1, -0.05) is 26.7 Å². The summed E-state index contributed by atoms with van der Waals surface area (Å²) in [6.45, 7) is 9.87. The molecule has 6 N–H and O–H groups in total. The fourth-order valence-corrected chi connectivity index (χ4v) is 8.04. The van der Waals surface area contributed by atoms with Gasteiger partial charge in [0.1, 0.15) is 0 Å². The molecule has 6 heteroatoms. The van der Waals surface area contributed by atoms with E-state index in [0.29, 0.717) is 17.3 Å². The van der Waals surface area contributed by atoms with E-state index < -0.39 is 0 Å². The van der Waals surface area contributed by atoms with E-state index in [1.54, 1.807) is 0 Å². The van der Waals surface area contributed by atoms with Gasteiger partial charge in [0.25, 0.3) is 0 Å². The van der Waals surface area contributed by atoms with Crippen molar-refractivity contribution in [1.29, 1.82) is 0 Å². The third kappa shape index (κ3) is 9.41. The van der Waals surface area contributed by atoms with E-state index in [4.69, 9.17) is 11.6 Å². The van der Waals surface area contributed by atoms with Crippen LogP contribution in [0.15, 0.2) is 0 Å². The maximum absolute atomic E-state index is 9.88. The predicted molar refractivity (Wildman–Crippen MR) is 148 cm³/mol. The van der Waals surface area contributed by atoms with Crippen LogP contribution in [0, 0.1) is 35.5 Å². The van der Waals surface area contributed by atoms with Crippen LogP contribution in [-0.4, -0.2) is 64.7 Å². The van der Waals surface area contributed by atoms with Gasteiger partial charge < -0.3 is 26.3 Å². The summed E-state index contributed by atoms with van der Waals surface area (Å²) < 4.78 is 0. The number of aliphatic hydroxyl groups is 1. The van der Waals surface area contributed by atoms with Crippen LogP contribution in [-0.2, 0) is 0 Å². The van der Waals surface area contributed by atoms with Crippen molar-refractivity contribution in [3.8, 4) is 0 Å². The van der Waals surface area contributed by atoms with Gasteiger partial charge in [0.15, 0.2) is 0 Å². The summed E-state index contributed by atoms with van der Waals surface area (Å²) in [6, 6.07) is 0.624. The normalized spacial score (nSPS) is 36.3. The van der Waals surface area contributed by atoms with E-state index in [0.717, 1.165) is 42.4 Å². The van der Waals surface area contributed by atoms with E-state index >= 15 is 0 Å². The Morgan fingerprint density at radius 1 is 0.771 bits per heavy atom. The molecule has 4 aliphatic rings. The Kier molecular flexibility index (Phi) is 13.9. The van der Waals surface area contributed by atoms with Gasteiger partial charge in [-0.05, 0) is 132 Å². The molecule has 0 aromatic carbocycles. The molecule has 0 amide bonds. The van der Waals surface area contributed by atoms with E-state index in [-0.39, 0.29) is 17.1 Å². The lowest BCUT2D eigenvalue weighted by Gasteiger charge is -2.41. The standard InChI is InChI=1S/C29H53ClN2O.2H2O/c1-21(2)29(20-32-16-14-25(15-17-32)23-6-10-27(30)11-7-23)31-19-22-4-3-5-26(18-22)24-8-12-28(33)13-9-24;;/h21-29,31,33H,3-20H2,1-2H3;2*1H2/t22?,23?,24?,26?,27?,28?,29-;;/m0../s1. The minimum Gasteiger partial charge on any atom is -0.412 e. The van der Waals surface area contributed by atoms with Crippen LogP contribution >= 0.6 is 11.6 Å². The van der Waals surface area contributed by atoms with Crippen molar-refractivity contribution in [2.24, 2.45) is 35.5 Å². The first-order valence-corrected chi connectivity index (χ1v) is 15.2. The molecule has 1 heterocycles. The van der Waals surface area contributed by atoms with Crippen LogP contribution < -0.4 is 5.32 Å². The van der Waals surface area contributed by atoms with Crippen LogP contribution in [0.4, 0.5) is 0 Å². The molecular formula is C29H57ClN2O3. The highest BCUT2D eigenvalue weighted by molar-refractivity contribution is 6.20. The van der Waals surface area contributed by atoms with Gasteiger partial charge in [0, 0.05) is 18.0 Å². The first-order valence-electron chi connectivity index (χ1n) is 14.8. The second-order valence-corrected chi connectivity index (χ2v) is 13.4. The van der Waals surface area contributed by atoms with Gasteiger partial charge in [0.2, 0.25) is 0 Å². The van der Waals surface area contributed by atoms with Crippen molar-refractivity contribution in [2.75, 3.05) is 26.2 Å². The smallest absolute Gasteiger partial charge is 0.0540 e. The third-order valence-corrected chi connectivity index (χ3v) is 10.6. The summed E-state index contributed by atoms with van der Waals surface area (Å²) in [5.41, 5.74) is 0. The fraction of sp³-hybridized carbons (Fsp3) is 1.00. The molecular weight excluding hydrogens is 460 g/mol. The number of rotatable bonds is 8. The average Bonchev–Trinajstić information content (AvgIpc) is 2.83. The van der Waals surface area contributed by atoms with Crippen molar-refractivity contribution in [3.05, 3.63) is 0 Å². The first kappa shape index (κ1) is 31.3. The van der Waals surface area contributed by atoms with Gasteiger partial charge in [0.05, 0.1) is 6.10 Å². The maximum Gasteiger partial charge on any atom is 0.0540 e. The van der Waals surface area contributed by atoms with E-state index in [9.17, 15) is 5.11 Å². The number of nitrogens with zero attached hydrogens (tertiary/aromatic N) is 1. The van der Waals surface area contributed by atoms with Crippen LogP contribution in [0.25, 0.3) is 0 Å². The molecule has 3 saturated carbocycles. The SMILES string of the molecule is CC(C)[C@H](CN1CCC(C2CCC(Cl)CC2)CC1)NCC1CCCC(C2CCC(O)CC2)C1.O.O. The van der Waals surface area contributed by atoms with Crippen molar-refractivity contribution in [1.82, 2.24) is 10.2 Å². The summed E-state index contributed by atoms with van der Waals surface area (Å²) in [5, 5.41) is 14.4. The van der Waals surface area contributed by atoms with Gasteiger partial charge in [-0.2, -0.15) is 0 Å². The minimum absolute atomic E-state index is 0. The zero-order valence-corrected chi connectivity index (χ0v) is 23.5. The molecule has 2 unspecified atom stereocenters. The zero-order chi connectivity index (χ0) is 23.2. The molecule has 1 aliphatic heterocycles. The number of piperidine rings is 1. The minimum atomic E-state index is -0.0140. The quantitative estimate of drug-likeness (QED) is 0.452. The number of likely N-dealkylation sites (tertiary alicyclic amines) is 1. The summed E-state index contributed by atoms with van der Waals surface area (Å²) in [5.74, 6) is 5.27. The average molecular weight is 517 g/mol. The van der Waals surface area contributed by atoms with Gasteiger partial charge in [-0.3, -0.25) is 0 Å². The highest BCUT2D eigenvalue weighted by Crippen LogP contribution is 2.40. The predicted octanol–water partition coefficient (Wildman–Crippen LogP) is 4.82. The molecule has 3 aliphatic carbocycles. The number of alkyl halides is 1. The lowest BCUT2D eigenvalue weighted by molar-refractivity contribution is 0.0733. The fourth-order valence-electron chi connectivity index (χ4n) is 7.78. The molecule has 0 bridgehead atoms. The molecule has 4 rings (SSSR count). The lowest BCUT2D eigenvalue weighted by Crippen LogP contribution is -2.48. The van der Waals surface area contributed by atoms with Crippen molar-refractivity contribution >= 4 is 11.6 Å². The topological polar surface area (TPSA) is 98.5 Å². The summed E-state index contributed by atoms with van der Waals surface area (Å²) in [6.07, 6.45) is 18.4. The Hall–Kier alpha value is 0.0900. The van der Waals surface area contributed by atoms with E-state index in [2.05, 4.69) is 24.1 Å². The van der Waals surface area contributed by atoms with Crippen molar-refractivity contribution < 1.29 is 16.1 Å². The number of aliphatic hydroxyl groups excluding tert-OH is 1. The Morgan fingerprint density at radius 3 is 1.97 bits per heavy atom. The first-order chi connectivity index (χ1) is 16.0. The molecule has 4 fully saturated rings. The summed E-state index contributed by atoms with van der Waals surface area (Å²) in [7, 11) is 0. The highest BCUT2D eigenvalue weighted by Gasteiger charge is 2.33. The second-order valence-electron chi connectivity index (χ2n) is 12.8.